The first-order valence-electron chi connectivity index (χ1n) is 8.06. The monoisotopic (exact) mass is 344 g/mol. The number of nitrogens with zero attached hydrogens (tertiary/aromatic N) is 2. The zero-order valence-corrected chi connectivity index (χ0v) is 14.7. The largest absolute Gasteiger partial charge is 0.462 e. The zero-order valence-electron chi connectivity index (χ0n) is 13.9. The second-order valence-electron chi connectivity index (χ2n) is 5.69. The molecule has 24 heavy (non-hydrogen) atoms. The van der Waals surface area contributed by atoms with Crippen molar-refractivity contribution in [2.24, 2.45) is 0 Å². The molecule has 0 saturated heterocycles. The van der Waals surface area contributed by atoms with Crippen molar-refractivity contribution in [3.63, 3.8) is 0 Å². The Morgan fingerprint density at radius 2 is 2.04 bits per heavy atom. The van der Waals surface area contributed by atoms with E-state index in [1.54, 1.807) is 23.6 Å². The first-order valence-corrected chi connectivity index (χ1v) is 9.29. The lowest BCUT2D eigenvalue weighted by Crippen LogP contribution is -2.27. The second kappa shape index (κ2) is 7.21. The number of hydrogen-bond acceptors (Lipinski definition) is 5. The Balaban J connectivity index is 1.89. The molecule has 1 aromatic carbocycles. The smallest absolute Gasteiger partial charge is 0.338 e. The molecule has 2 aromatic rings. The third-order valence-electron chi connectivity index (χ3n) is 4.14. The molecule has 1 aliphatic carbocycles. The van der Waals surface area contributed by atoms with Crippen LogP contribution < -0.4 is 5.56 Å². The molecule has 0 N–H and O–H groups in total. The minimum Gasteiger partial charge on any atom is -0.462 e. The van der Waals surface area contributed by atoms with Gasteiger partial charge < -0.3 is 4.74 Å². The average molecular weight is 344 g/mol. The van der Waals surface area contributed by atoms with E-state index in [4.69, 9.17) is 4.74 Å². The Bertz CT molecular complexity index is 812. The molecule has 0 fully saturated rings. The topological polar surface area (TPSA) is 61.2 Å². The number of aromatic nitrogens is 2. The molecule has 6 heteroatoms. The minimum absolute atomic E-state index is 0.0660. The van der Waals surface area contributed by atoms with Crippen molar-refractivity contribution in [1.29, 1.82) is 0 Å². The molecule has 0 radical (unpaired) electrons. The predicted octanol–water partition coefficient (Wildman–Crippen LogP) is 2.68. The number of thioether (sulfide) groups is 1. The van der Waals surface area contributed by atoms with Crippen molar-refractivity contribution in [3.8, 4) is 0 Å². The van der Waals surface area contributed by atoms with Gasteiger partial charge in [0.2, 0.25) is 0 Å². The Morgan fingerprint density at radius 3 is 2.71 bits per heavy atom. The van der Waals surface area contributed by atoms with E-state index in [-0.39, 0.29) is 11.5 Å². The van der Waals surface area contributed by atoms with E-state index >= 15 is 0 Å². The Labute approximate surface area is 145 Å². The first kappa shape index (κ1) is 16.8. The molecule has 1 heterocycles. The van der Waals surface area contributed by atoms with Crippen LogP contribution in [0, 0.1) is 0 Å². The van der Waals surface area contributed by atoms with Crippen molar-refractivity contribution in [3.05, 3.63) is 57.0 Å². The SMILES string of the molecule is CCOC(=O)c1ccc(Cn2c(SC)nc3c(c2=O)CCC3)cc1. The quantitative estimate of drug-likeness (QED) is 0.474. The standard InChI is InChI=1S/C18H20N2O3S/c1-3-23-17(22)13-9-7-12(8-10-13)11-20-16(21)14-5-4-6-15(14)19-18(20)24-2/h7-10H,3-6,11H2,1-2H3. The van der Waals surface area contributed by atoms with Crippen LogP contribution in [-0.4, -0.2) is 28.4 Å². The summed E-state index contributed by atoms with van der Waals surface area (Å²) in [7, 11) is 0. The molecule has 0 bridgehead atoms. The maximum atomic E-state index is 12.7. The second-order valence-corrected chi connectivity index (χ2v) is 6.46. The molecule has 0 amide bonds. The summed E-state index contributed by atoms with van der Waals surface area (Å²) in [5.74, 6) is -0.329. The summed E-state index contributed by atoms with van der Waals surface area (Å²) in [6.07, 6.45) is 4.65. The van der Waals surface area contributed by atoms with Crippen LogP contribution in [-0.2, 0) is 24.1 Å². The van der Waals surface area contributed by atoms with Crippen LogP contribution in [0.25, 0.3) is 0 Å². The number of hydrogen-bond donors (Lipinski definition) is 0. The van der Waals surface area contributed by atoms with Gasteiger partial charge in [-0.15, -0.1) is 0 Å². The highest BCUT2D eigenvalue weighted by atomic mass is 32.2. The number of carbonyl (C=O) groups is 1. The maximum absolute atomic E-state index is 12.7. The molecule has 0 atom stereocenters. The molecular weight excluding hydrogens is 324 g/mol. The molecule has 0 aliphatic heterocycles. The van der Waals surface area contributed by atoms with Gasteiger partial charge in [-0.3, -0.25) is 9.36 Å². The van der Waals surface area contributed by atoms with E-state index < -0.39 is 0 Å². The highest BCUT2D eigenvalue weighted by Gasteiger charge is 2.20. The molecule has 1 aliphatic rings. The highest BCUT2D eigenvalue weighted by molar-refractivity contribution is 7.98. The van der Waals surface area contributed by atoms with Crippen molar-refractivity contribution < 1.29 is 9.53 Å². The van der Waals surface area contributed by atoms with Gasteiger partial charge in [-0.05, 0) is 50.1 Å². The fraction of sp³-hybridized carbons (Fsp3) is 0.389. The van der Waals surface area contributed by atoms with Gasteiger partial charge in [0.1, 0.15) is 0 Å². The molecule has 5 nitrogen and oxygen atoms in total. The van der Waals surface area contributed by atoms with Gasteiger partial charge in [0.15, 0.2) is 5.16 Å². The summed E-state index contributed by atoms with van der Waals surface area (Å²) >= 11 is 1.49. The lowest BCUT2D eigenvalue weighted by Gasteiger charge is -2.13. The third kappa shape index (κ3) is 3.24. The molecule has 0 saturated carbocycles. The minimum atomic E-state index is -0.329. The number of carbonyl (C=O) groups excluding carboxylic acids is 1. The summed E-state index contributed by atoms with van der Waals surface area (Å²) in [6, 6.07) is 7.18. The Kier molecular flexibility index (Phi) is 5.04. The lowest BCUT2D eigenvalue weighted by atomic mass is 10.1. The summed E-state index contributed by atoms with van der Waals surface area (Å²) in [6.45, 7) is 2.59. The van der Waals surface area contributed by atoms with Gasteiger partial charge in [-0.25, -0.2) is 9.78 Å². The van der Waals surface area contributed by atoms with E-state index in [0.717, 1.165) is 41.2 Å². The molecule has 126 valence electrons. The van der Waals surface area contributed by atoms with E-state index in [1.165, 1.54) is 11.8 Å². The summed E-state index contributed by atoms with van der Waals surface area (Å²) < 4.78 is 6.71. The summed E-state index contributed by atoms with van der Waals surface area (Å²) in [5, 5.41) is 0.745. The van der Waals surface area contributed by atoms with E-state index in [9.17, 15) is 9.59 Å². The van der Waals surface area contributed by atoms with Gasteiger partial charge in [0.05, 0.1) is 24.4 Å². The van der Waals surface area contributed by atoms with Crippen molar-refractivity contribution in [2.45, 2.75) is 37.9 Å². The number of rotatable bonds is 5. The van der Waals surface area contributed by atoms with Gasteiger partial charge >= 0.3 is 5.97 Å². The summed E-state index contributed by atoms with van der Waals surface area (Å²) in [4.78, 5) is 29.1. The van der Waals surface area contributed by atoms with Gasteiger partial charge in [-0.2, -0.15) is 0 Å². The first-order chi connectivity index (χ1) is 11.6. The van der Waals surface area contributed by atoms with Gasteiger partial charge in [0.25, 0.3) is 5.56 Å². The Hall–Kier alpha value is -2.08. The number of aryl methyl sites for hydroxylation is 1. The fourth-order valence-electron chi connectivity index (χ4n) is 2.95. The number of benzene rings is 1. The van der Waals surface area contributed by atoms with Crippen LogP contribution in [0.5, 0.6) is 0 Å². The summed E-state index contributed by atoms with van der Waals surface area (Å²) in [5.41, 5.74) is 3.36. The van der Waals surface area contributed by atoms with Crippen LogP contribution in [0.3, 0.4) is 0 Å². The number of esters is 1. The third-order valence-corrected chi connectivity index (χ3v) is 4.82. The molecule has 1 aromatic heterocycles. The predicted molar refractivity (Wildman–Crippen MR) is 93.8 cm³/mol. The molecular formula is C18H20N2O3S. The van der Waals surface area contributed by atoms with Crippen LogP contribution in [0.4, 0.5) is 0 Å². The van der Waals surface area contributed by atoms with Crippen LogP contribution >= 0.6 is 11.8 Å². The van der Waals surface area contributed by atoms with Crippen LogP contribution in [0.15, 0.2) is 34.2 Å². The van der Waals surface area contributed by atoms with Crippen molar-refractivity contribution in [1.82, 2.24) is 9.55 Å². The van der Waals surface area contributed by atoms with Crippen LogP contribution in [0.2, 0.25) is 0 Å². The van der Waals surface area contributed by atoms with Gasteiger partial charge in [0, 0.05) is 5.56 Å². The maximum Gasteiger partial charge on any atom is 0.338 e. The van der Waals surface area contributed by atoms with E-state index in [0.29, 0.717) is 18.7 Å². The van der Waals surface area contributed by atoms with Crippen LogP contribution in [0.1, 0.15) is 40.5 Å². The number of fused-ring (bicyclic) bond motifs is 1. The highest BCUT2D eigenvalue weighted by Crippen LogP contribution is 2.21. The number of ether oxygens (including phenoxy) is 1. The molecule has 0 spiro atoms. The molecule has 3 rings (SSSR count). The average Bonchev–Trinajstić information content (AvgIpc) is 3.06. The zero-order chi connectivity index (χ0) is 17.1. The molecule has 0 unspecified atom stereocenters. The van der Waals surface area contributed by atoms with E-state index in [2.05, 4.69) is 4.98 Å². The van der Waals surface area contributed by atoms with Gasteiger partial charge in [-0.1, -0.05) is 23.9 Å². The van der Waals surface area contributed by atoms with Crippen molar-refractivity contribution >= 4 is 17.7 Å². The Morgan fingerprint density at radius 1 is 1.29 bits per heavy atom. The van der Waals surface area contributed by atoms with Crippen molar-refractivity contribution in [2.75, 3.05) is 12.9 Å². The fourth-order valence-corrected chi connectivity index (χ4v) is 3.51. The lowest BCUT2D eigenvalue weighted by molar-refractivity contribution is 0.0526. The normalized spacial score (nSPS) is 12.9. The van der Waals surface area contributed by atoms with E-state index in [1.807, 2.05) is 18.4 Å².